The van der Waals surface area contributed by atoms with Crippen LogP contribution in [0.5, 0.6) is 0 Å². The summed E-state index contributed by atoms with van der Waals surface area (Å²) in [7, 11) is 0. The zero-order valence-electron chi connectivity index (χ0n) is 13.4. The van der Waals surface area contributed by atoms with E-state index >= 15 is 0 Å². The number of para-hydroxylation sites is 1. The van der Waals surface area contributed by atoms with Crippen molar-refractivity contribution < 1.29 is 14.7 Å². The Kier molecular flexibility index (Phi) is 5.19. The van der Waals surface area contributed by atoms with Gasteiger partial charge in [0.1, 0.15) is 0 Å². The molecule has 5 heteroatoms. The number of likely N-dealkylation sites (tertiary alicyclic amines) is 1. The quantitative estimate of drug-likeness (QED) is 0.839. The number of hydrogen-bond acceptors (Lipinski definition) is 3. The first kappa shape index (κ1) is 16.5. The van der Waals surface area contributed by atoms with Crippen molar-refractivity contribution in [3.8, 4) is 0 Å². The Balaban J connectivity index is 2.02. The third-order valence-corrected chi connectivity index (χ3v) is 4.22. The first-order valence-electron chi connectivity index (χ1n) is 7.77. The summed E-state index contributed by atoms with van der Waals surface area (Å²) in [5.74, 6) is -0.821. The molecule has 22 heavy (non-hydrogen) atoms. The number of aliphatic hydroxyl groups is 1. The molecule has 0 bridgehead atoms. The topological polar surface area (TPSA) is 69.6 Å². The van der Waals surface area contributed by atoms with E-state index in [1.807, 2.05) is 38.1 Å². The van der Waals surface area contributed by atoms with Crippen molar-refractivity contribution in [3.63, 3.8) is 0 Å². The Hall–Kier alpha value is -1.88. The summed E-state index contributed by atoms with van der Waals surface area (Å²) in [5.41, 5.74) is 1.69. The molecule has 1 fully saturated rings. The number of nitrogens with one attached hydrogen (secondary N) is 1. The van der Waals surface area contributed by atoms with E-state index in [-0.39, 0.29) is 11.8 Å². The van der Waals surface area contributed by atoms with Gasteiger partial charge in [0.2, 0.25) is 0 Å². The first-order valence-corrected chi connectivity index (χ1v) is 7.77. The van der Waals surface area contributed by atoms with Crippen molar-refractivity contribution >= 4 is 17.5 Å². The zero-order chi connectivity index (χ0) is 16.3. The van der Waals surface area contributed by atoms with E-state index in [1.165, 1.54) is 4.90 Å². The highest BCUT2D eigenvalue weighted by atomic mass is 16.3. The minimum atomic E-state index is -0.612. The molecule has 0 radical (unpaired) electrons. The van der Waals surface area contributed by atoms with Gasteiger partial charge < -0.3 is 15.3 Å². The first-order chi connectivity index (χ1) is 10.4. The van der Waals surface area contributed by atoms with E-state index in [0.29, 0.717) is 18.8 Å². The largest absolute Gasteiger partial charge is 0.393 e. The van der Waals surface area contributed by atoms with Crippen molar-refractivity contribution in [2.45, 2.75) is 39.2 Å². The van der Waals surface area contributed by atoms with Gasteiger partial charge in [-0.3, -0.25) is 9.59 Å². The van der Waals surface area contributed by atoms with Crippen LogP contribution in [0, 0.1) is 5.92 Å². The molecule has 1 heterocycles. The zero-order valence-corrected chi connectivity index (χ0v) is 13.4. The standard InChI is InChI=1S/C17H24N2O3/c1-11(2)14-6-4-5-7-15(14)18-16(21)17(22)19-9-8-13(10-19)12(3)20/h4-7,11-13,20H,8-10H2,1-3H3,(H,18,21). The molecule has 1 aliphatic rings. The highest BCUT2D eigenvalue weighted by Crippen LogP contribution is 2.24. The summed E-state index contributed by atoms with van der Waals surface area (Å²) in [6.45, 7) is 6.77. The van der Waals surface area contributed by atoms with Crippen LogP contribution >= 0.6 is 0 Å². The molecule has 1 saturated heterocycles. The van der Waals surface area contributed by atoms with Crippen molar-refractivity contribution in [3.05, 3.63) is 29.8 Å². The monoisotopic (exact) mass is 304 g/mol. The maximum atomic E-state index is 12.2. The molecule has 1 aromatic rings. The SMILES string of the molecule is CC(C)c1ccccc1NC(=O)C(=O)N1CCC(C(C)O)C1. The Bertz CT molecular complexity index is 555. The fourth-order valence-corrected chi connectivity index (χ4v) is 2.80. The van der Waals surface area contributed by atoms with E-state index in [1.54, 1.807) is 6.92 Å². The second-order valence-electron chi connectivity index (χ2n) is 6.24. The predicted molar refractivity (Wildman–Crippen MR) is 85.5 cm³/mol. The molecule has 0 spiro atoms. The van der Waals surface area contributed by atoms with Crippen LogP contribution in [0.25, 0.3) is 0 Å². The molecule has 2 amide bonds. The third-order valence-electron chi connectivity index (χ3n) is 4.22. The molecular weight excluding hydrogens is 280 g/mol. The Morgan fingerprint density at radius 3 is 2.55 bits per heavy atom. The third kappa shape index (κ3) is 3.65. The average molecular weight is 304 g/mol. The maximum absolute atomic E-state index is 12.2. The number of carbonyl (C=O) groups is 2. The second-order valence-corrected chi connectivity index (χ2v) is 6.24. The van der Waals surface area contributed by atoms with E-state index in [0.717, 1.165) is 12.0 Å². The molecule has 2 atom stereocenters. The molecule has 120 valence electrons. The van der Waals surface area contributed by atoms with Crippen LogP contribution < -0.4 is 5.32 Å². The molecule has 1 aliphatic heterocycles. The lowest BCUT2D eigenvalue weighted by atomic mass is 10.0. The highest BCUT2D eigenvalue weighted by Gasteiger charge is 2.32. The number of rotatable bonds is 3. The number of nitrogens with zero attached hydrogens (tertiary/aromatic N) is 1. The lowest BCUT2D eigenvalue weighted by Gasteiger charge is -2.18. The summed E-state index contributed by atoms with van der Waals surface area (Å²) in [4.78, 5) is 25.9. The predicted octanol–water partition coefficient (Wildman–Crippen LogP) is 1.98. The fourth-order valence-electron chi connectivity index (χ4n) is 2.80. The van der Waals surface area contributed by atoms with E-state index in [4.69, 9.17) is 0 Å². The lowest BCUT2D eigenvalue weighted by molar-refractivity contribution is -0.142. The molecule has 0 saturated carbocycles. The number of benzene rings is 1. The van der Waals surface area contributed by atoms with Crippen LogP contribution in [0.2, 0.25) is 0 Å². The van der Waals surface area contributed by atoms with Crippen molar-refractivity contribution in [1.82, 2.24) is 4.90 Å². The number of aliphatic hydroxyl groups excluding tert-OH is 1. The Labute approximate surface area is 131 Å². The van der Waals surface area contributed by atoms with Gasteiger partial charge in [0.05, 0.1) is 6.10 Å². The van der Waals surface area contributed by atoms with Crippen LogP contribution in [-0.4, -0.2) is 41.0 Å². The summed E-state index contributed by atoms with van der Waals surface area (Å²) in [5, 5.41) is 12.3. The van der Waals surface area contributed by atoms with Crippen LogP contribution in [-0.2, 0) is 9.59 Å². The van der Waals surface area contributed by atoms with Gasteiger partial charge in [0.15, 0.2) is 0 Å². The number of amides is 2. The number of hydrogen-bond donors (Lipinski definition) is 2. The van der Waals surface area contributed by atoms with Crippen molar-refractivity contribution in [2.75, 3.05) is 18.4 Å². The normalized spacial score (nSPS) is 19.3. The molecule has 2 rings (SSSR count). The van der Waals surface area contributed by atoms with Crippen molar-refractivity contribution in [1.29, 1.82) is 0 Å². The molecule has 1 aromatic carbocycles. The minimum Gasteiger partial charge on any atom is -0.393 e. The van der Waals surface area contributed by atoms with E-state index in [9.17, 15) is 14.7 Å². The van der Waals surface area contributed by atoms with Gasteiger partial charge in [-0.05, 0) is 30.9 Å². The fraction of sp³-hybridized carbons (Fsp3) is 0.529. The molecule has 0 aromatic heterocycles. The van der Waals surface area contributed by atoms with Gasteiger partial charge in [-0.15, -0.1) is 0 Å². The van der Waals surface area contributed by atoms with Gasteiger partial charge in [-0.2, -0.15) is 0 Å². The molecule has 2 N–H and O–H groups in total. The van der Waals surface area contributed by atoms with Gasteiger partial charge in [0, 0.05) is 24.7 Å². The Morgan fingerprint density at radius 1 is 1.27 bits per heavy atom. The summed E-state index contributed by atoms with van der Waals surface area (Å²) >= 11 is 0. The summed E-state index contributed by atoms with van der Waals surface area (Å²) in [6.07, 6.45) is 0.279. The summed E-state index contributed by atoms with van der Waals surface area (Å²) in [6, 6.07) is 7.51. The van der Waals surface area contributed by atoms with Crippen LogP contribution in [0.1, 0.15) is 38.7 Å². The average Bonchev–Trinajstić information content (AvgIpc) is 2.96. The van der Waals surface area contributed by atoms with Gasteiger partial charge >= 0.3 is 11.8 Å². The highest BCUT2D eigenvalue weighted by molar-refractivity contribution is 6.39. The molecule has 2 unspecified atom stereocenters. The van der Waals surface area contributed by atoms with Gasteiger partial charge in [-0.25, -0.2) is 0 Å². The van der Waals surface area contributed by atoms with Crippen LogP contribution in [0.3, 0.4) is 0 Å². The van der Waals surface area contributed by atoms with Gasteiger partial charge in [-0.1, -0.05) is 32.0 Å². The molecular formula is C17H24N2O3. The van der Waals surface area contributed by atoms with E-state index < -0.39 is 17.9 Å². The second kappa shape index (κ2) is 6.92. The Morgan fingerprint density at radius 2 is 1.95 bits per heavy atom. The van der Waals surface area contributed by atoms with E-state index in [2.05, 4.69) is 5.32 Å². The van der Waals surface area contributed by atoms with Crippen LogP contribution in [0.4, 0.5) is 5.69 Å². The minimum absolute atomic E-state index is 0.0553. The maximum Gasteiger partial charge on any atom is 0.313 e. The molecule has 0 aliphatic carbocycles. The smallest absolute Gasteiger partial charge is 0.313 e. The summed E-state index contributed by atoms with van der Waals surface area (Å²) < 4.78 is 0. The van der Waals surface area contributed by atoms with Crippen LogP contribution in [0.15, 0.2) is 24.3 Å². The number of carbonyl (C=O) groups excluding carboxylic acids is 2. The van der Waals surface area contributed by atoms with Crippen molar-refractivity contribution in [2.24, 2.45) is 5.92 Å². The lowest BCUT2D eigenvalue weighted by Crippen LogP contribution is -2.39. The number of anilines is 1. The van der Waals surface area contributed by atoms with Gasteiger partial charge in [0.25, 0.3) is 0 Å². The molecule has 5 nitrogen and oxygen atoms in total.